The van der Waals surface area contributed by atoms with Gasteiger partial charge in [0, 0.05) is 17.6 Å². The number of aromatic nitrogens is 1. The summed E-state index contributed by atoms with van der Waals surface area (Å²) in [6, 6.07) is 4.58. The van der Waals surface area contributed by atoms with Gasteiger partial charge >= 0.3 is 0 Å². The maximum Gasteiger partial charge on any atom is 0.181 e. The van der Waals surface area contributed by atoms with Crippen molar-refractivity contribution in [3.63, 3.8) is 0 Å². The lowest BCUT2D eigenvalue weighted by Crippen LogP contribution is -2.35. The largest absolute Gasteiger partial charge is 0.443 e. The number of rotatable bonds is 3. The zero-order valence-corrected chi connectivity index (χ0v) is 11.9. The van der Waals surface area contributed by atoms with Crippen LogP contribution in [0.1, 0.15) is 26.5 Å². The Morgan fingerprint density at radius 3 is 2.74 bits per heavy atom. The third-order valence-electron chi connectivity index (χ3n) is 2.61. The summed E-state index contributed by atoms with van der Waals surface area (Å²) in [4.78, 5) is 4.16. The Morgan fingerprint density at radius 2 is 2.11 bits per heavy atom. The molecule has 0 radical (unpaired) electrons. The molecule has 5 heteroatoms. The van der Waals surface area contributed by atoms with Crippen LogP contribution in [0.25, 0.3) is 11.3 Å². The van der Waals surface area contributed by atoms with E-state index in [-0.39, 0.29) is 10.6 Å². The van der Waals surface area contributed by atoms with Crippen molar-refractivity contribution in [3.8, 4) is 11.3 Å². The number of halogens is 2. The lowest BCUT2D eigenvalue weighted by Gasteiger charge is -2.19. The van der Waals surface area contributed by atoms with Crippen LogP contribution in [0, 0.1) is 5.82 Å². The van der Waals surface area contributed by atoms with Crippen molar-refractivity contribution in [2.45, 2.75) is 32.9 Å². The first-order chi connectivity index (χ1) is 8.87. The summed E-state index contributed by atoms with van der Waals surface area (Å²) in [6.45, 7) is 6.75. The molecule has 0 fully saturated rings. The first kappa shape index (κ1) is 14.0. The fourth-order valence-electron chi connectivity index (χ4n) is 1.62. The van der Waals surface area contributed by atoms with Gasteiger partial charge in [0.25, 0.3) is 0 Å². The zero-order chi connectivity index (χ0) is 14.0. The lowest BCUT2D eigenvalue weighted by molar-refractivity contribution is 0.421. The minimum absolute atomic E-state index is 0.0263. The predicted molar refractivity (Wildman–Crippen MR) is 73.5 cm³/mol. The molecule has 19 heavy (non-hydrogen) atoms. The van der Waals surface area contributed by atoms with Crippen molar-refractivity contribution in [2.24, 2.45) is 0 Å². The van der Waals surface area contributed by atoms with E-state index in [0.717, 1.165) is 5.69 Å². The standard InChI is InChI=1S/C14H16ClFN2O/c1-14(2,3)18-7-12-13(19-8-17-12)9-4-5-10(15)11(16)6-9/h4-6,8,18H,7H2,1-3H3. The maximum atomic E-state index is 13.5. The van der Waals surface area contributed by atoms with Crippen LogP contribution in [0.3, 0.4) is 0 Å². The lowest BCUT2D eigenvalue weighted by atomic mass is 10.1. The minimum Gasteiger partial charge on any atom is -0.443 e. The fourth-order valence-corrected chi connectivity index (χ4v) is 1.73. The third-order valence-corrected chi connectivity index (χ3v) is 2.92. The molecular formula is C14H16ClFN2O. The van der Waals surface area contributed by atoms with E-state index < -0.39 is 5.82 Å². The fraction of sp³-hybridized carbons (Fsp3) is 0.357. The van der Waals surface area contributed by atoms with Crippen LogP contribution in [0.5, 0.6) is 0 Å². The number of nitrogens with one attached hydrogen (secondary N) is 1. The van der Waals surface area contributed by atoms with Crippen molar-refractivity contribution in [1.29, 1.82) is 0 Å². The predicted octanol–water partition coefficient (Wildman–Crippen LogP) is 4.02. The molecular weight excluding hydrogens is 267 g/mol. The van der Waals surface area contributed by atoms with E-state index in [9.17, 15) is 4.39 Å². The number of hydrogen-bond donors (Lipinski definition) is 1. The van der Waals surface area contributed by atoms with Gasteiger partial charge in [0.1, 0.15) is 11.5 Å². The molecule has 3 nitrogen and oxygen atoms in total. The maximum absolute atomic E-state index is 13.5. The molecule has 0 amide bonds. The van der Waals surface area contributed by atoms with Crippen LogP contribution in [0.15, 0.2) is 29.0 Å². The van der Waals surface area contributed by atoms with Gasteiger partial charge < -0.3 is 9.73 Å². The number of benzene rings is 1. The molecule has 2 aromatic rings. The Labute approximate surface area is 116 Å². The Morgan fingerprint density at radius 1 is 1.37 bits per heavy atom. The van der Waals surface area contributed by atoms with Gasteiger partial charge in [-0.3, -0.25) is 0 Å². The highest BCUT2D eigenvalue weighted by Gasteiger charge is 2.15. The number of hydrogen-bond acceptors (Lipinski definition) is 3. The summed E-state index contributed by atoms with van der Waals surface area (Å²) < 4.78 is 18.8. The molecule has 1 heterocycles. The van der Waals surface area contributed by atoms with E-state index in [4.69, 9.17) is 16.0 Å². The van der Waals surface area contributed by atoms with E-state index in [0.29, 0.717) is 17.9 Å². The summed E-state index contributed by atoms with van der Waals surface area (Å²) >= 11 is 5.67. The Hall–Kier alpha value is -1.39. The molecule has 2 rings (SSSR count). The number of oxazole rings is 1. The highest BCUT2D eigenvalue weighted by atomic mass is 35.5. The van der Waals surface area contributed by atoms with Gasteiger partial charge in [-0.2, -0.15) is 0 Å². The Kier molecular flexibility index (Phi) is 3.92. The second kappa shape index (κ2) is 5.31. The molecule has 0 aliphatic rings. The molecule has 0 saturated carbocycles. The average Bonchev–Trinajstić information content (AvgIpc) is 2.77. The molecule has 1 aromatic heterocycles. The van der Waals surface area contributed by atoms with E-state index >= 15 is 0 Å². The zero-order valence-electron chi connectivity index (χ0n) is 11.1. The number of nitrogens with zero attached hydrogens (tertiary/aromatic N) is 1. The summed E-state index contributed by atoms with van der Waals surface area (Å²) in [7, 11) is 0. The molecule has 0 atom stereocenters. The molecule has 102 valence electrons. The first-order valence-corrected chi connectivity index (χ1v) is 6.37. The summed E-state index contributed by atoms with van der Waals surface area (Å²) in [5, 5.41) is 3.41. The van der Waals surface area contributed by atoms with Gasteiger partial charge in [0.2, 0.25) is 0 Å². The summed E-state index contributed by atoms with van der Waals surface area (Å²) in [6.07, 6.45) is 1.36. The monoisotopic (exact) mass is 282 g/mol. The molecule has 0 unspecified atom stereocenters. The Balaban J connectivity index is 2.26. The molecule has 0 aliphatic carbocycles. The molecule has 0 saturated heterocycles. The average molecular weight is 283 g/mol. The van der Waals surface area contributed by atoms with Crippen molar-refractivity contribution in [3.05, 3.63) is 41.1 Å². The molecule has 0 aliphatic heterocycles. The van der Waals surface area contributed by atoms with Crippen molar-refractivity contribution < 1.29 is 8.81 Å². The van der Waals surface area contributed by atoms with E-state index in [1.807, 2.05) is 0 Å². The van der Waals surface area contributed by atoms with Crippen molar-refractivity contribution in [1.82, 2.24) is 10.3 Å². The normalized spacial score (nSPS) is 11.8. The van der Waals surface area contributed by atoms with Gasteiger partial charge in [-0.05, 0) is 39.0 Å². The second-order valence-corrected chi connectivity index (χ2v) is 5.77. The van der Waals surface area contributed by atoms with Crippen LogP contribution in [-0.4, -0.2) is 10.5 Å². The van der Waals surface area contributed by atoms with Crippen LogP contribution < -0.4 is 5.32 Å². The second-order valence-electron chi connectivity index (χ2n) is 5.36. The first-order valence-electron chi connectivity index (χ1n) is 5.99. The molecule has 1 N–H and O–H groups in total. The van der Waals surface area contributed by atoms with Gasteiger partial charge in [0.15, 0.2) is 12.2 Å². The molecule has 0 bridgehead atoms. The minimum atomic E-state index is -0.467. The highest BCUT2D eigenvalue weighted by Crippen LogP contribution is 2.26. The Bertz CT molecular complexity index is 575. The van der Waals surface area contributed by atoms with Crippen molar-refractivity contribution in [2.75, 3.05) is 0 Å². The molecule has 0 spiro atoms. The van der Waals surface area contributed by atoms with Crippen LogP contribution in [0.2, 0.25) is 5.02 Å². The van der Waals surface area contributed by atoms with Gasteiger partial charge in [0.05, 0.1) is 5.02 Å². The van der Waals surface area contributed by atoms with Gasteiger partial charge in [-0.1, -0.05) is 11.6 Å². The molecule has 1 aromatic carbocycles. The van der Waals surface area contributed by atoms with Crippen LogP contribution >= 0.6 is 11.6 Å². The summed E-state index contributed by atoms with van der Waals surface area (Å²) in [5.41, 5.74) is 1.35. The van der Waals surface area contributed by atoms with Gasteiger partial charge in [-0.15, -0.1) is 0 Å². The van der Waals surface area contributed by atoms with Crippen molar-refractivity contribution >= 4 is 11.6 Å². The van der Waals surface area contributed by atoms with Gasteiger partial charge in [-0.25, -0.2) is 9.37 Å². The third kappa shape index (κ3) is 3.55. The van der Waals surface area contributed by atoms with Crippen LogP contribution in [0.4, 0.5) is 4.39 Å². The van der Waals surface area contributed by atoms with E-state index in [1.54, 1.807) is 6.07 Å². The highest BCUT2D eigenvalue weighted by molar-refractivity contribution is 6.30. The SMILES string of the molecule is CC(C)(C)NCc1ncoc1-c1ccc(Cl)c(F)c1. The van der Waals surface area contributed by atoms with E-state index in [2.05, 4.69) is 31.1 Å². The van der Waals surface area contributed by atoms with E-state index in [1.165, 1.54) is 18.5 Å². The summed E-state index contributed by atoms with van der Waals surface area (Å²) in [5.74, 6) is 0.0950. The quantitative estimate of drug-likeness (QED) is 0.924. The van der Waals surface area contributed by atoms with Crippen LogP contribution in [-0.2, 0) is 6.54 Å². The topological polar surface area (TPSA) is 38.1 Å². The smallest absolute Gasteiger partial charge is 0.181 e.